The molecule has 0 aromatic heterocycles. The van der Waals surface area contributed by atoms with Gasteiger partial charge in [-0.1, -0.05) is 39.0 Å². The van der Waals surface area contributed by atoms with Crippen LogP contribution in [0.3, 0.4) is 0 Å². The average Bonchev–Trinajstić information content (AvgIpc) is 2.16. The van der Waals surface area contributed by atoms with Gasteiger partial charge in [-0.25, -0.2) is 0 Å². The Morgan fingerprint density at radius 3 is 1.15 bits per heavy atom. The van der Waals surface area contributed by atoms with Crippen molar-refractivity contribution in [2.45, 2.75) is 40.0 Å². The maximum absolute atomic E-state index is 2.32. The number of hydrogen-bond donors (Lipinski definition) is 0. The van der Waals surface area contributed by atoms with Gasteiger partial charge in [0.15, 0.2) is 0 Å². The normalized spacial score (nSPS) is 9.46. The minimum absolute atomic E-state index is 0. The summed E-state index contributed by atoms with van der Waals surface area (Å²) >= 11 is 0. The fourth-order valence-corrected chi connectivity index (χ4v) is 1.45. The van der Waals surface area contributed by atoms with Crippen molar-refractivity contribution in [1.29, 1.82) is 0 Å². The molecule has 13 heavy (non-hydrogen) atoms. The van der Waals surface area contributed by atoms with Crippen molar-refractivity contribution < 1.29 is 20.3 Å². The second-order valence-electron chi connectivity index (χ2n) is 3.22. The molecule has 0 amide bonds. The smallest absolute Gasteiger partial charge is 1.00 e. The molecular formula is C12H19Li. The Kier molecular flexibility index (Phi) is 6.21. The second-order valence-corrected chi connectivity index (χ2v) is 3.22. The first kappa shape index (κ1) is 12.8. The third-order valence-corrected chi connectivity index (χ3v) is 2.34. The minimum atomic E-state index is 0. The van der Waals surface area contributed by atoms with Gasteiger partial charge in [-0.15, -0.1) is 0 Å². The largest absolute Gasteiger partial charge is 1.00 e. The van der Waals surface area contributed by atoms with Crippen molar-refractivity contribution >= 4 is 0 Å². The van der Waals surface area contributed by atoms with Crippen molar-refractivity contribution in [3.8, 4) is 0 Å². The van der Waals surface area contributed by atoms with Gasteiger partial charge < -0.3 is 1.43 Å². The molecule has 0 radical (unpaired) electrons. The van der Waals surface area contributed by atoms with E-state index in [-0.39, 0.29) is 20.3 Å². The van der Waals surface area contributed by atoms with Gasteiger partial charge in [-0.05, 0) is 36.0 Å². The van der Waals surface area contributed by atoms with Crippen molar-refractivity contribution in [1.82, 2.24) is 0 Å². The number of rotatable bonds is 3. The van der Waals surface area contributed by atoms with Gasteiger partial charge >= 0.3 is 18.9 Å². The van der Waals surface area contributed by atoms with E-state index in [9.17, 15) is 0 Å². The molecule has 1 rings (SSSR count). The Balaban J connectivity index is 0. The summed E-state index contributed by atoms with van der Waals surface area (Å²) in [6, 6.07) is 6.96. The Bertz CT molecular complexity index is 203. The first-order valence-corrected chi connectivity index (χ1v) is 4.91. The fraction of sp³-hybridized carbons (Fsp3) is 0.500. The van der Waals surface area contributed by atoms with Crippen LogP contribution < -0.4 is 18.9 Å². The van der Waals surface area contributed by atoms with E-state index in [1.807, 2.05) is 0 Å². The maximum Gasteiger partial charge on any atom is 1.00 e. The van der Waals surface area contributed by atoms with Crippen LogP contribution in [0.25, 0.3) is 0 Å². The zero-order valence-electron chi connectivity index (χ0n) is 10.4. The molecule has 1 heteroatoms. The van der Waals surface area contributed by atoms with Gasteiger partial charge in [0.1, 0.15) is 0 Å². The first-order chi connectivity index (χ1) is 5.80. The number of benzene rings is 1. The van der Waals surface area contributed by atoms with Crippen LogP contribution in [-0.2, 0) is 19.3 Å². The molecule has 0 unspecified atom stereocenters. The van der Waals surface area contributed by atoms with Crippen molar-refractivity contribution in [2.75, 3.05) is 0 Å². The van der Waals surface area contributed by atoms with Crippen LogP contribution in [-0.4, -0.2) is 0 Å². The molecule has 0 aliphatic rings. The van der Waals surface area contributed by atoms with Crippen LogP contribution in [0.2, 0.25) is 0 Å². The summed E-state index contributed by atoms with van der Waals surface area (Å²) in [7, 11) is 0. The van der Waals surface area contributed by atoms with Gasteiger partial charge in [-0.3, -0.25) is 0 Å². The van der Waals surface area contributed by atoms with Gasteiger partial charge in [0, 0.05) is 0 Å². The van der Waals surface area contributed by atoms with Gasteiger partial charge in [-0.2, -0.15) is 0 Å². The zero-order valence-corrected chi connectivity index (χ0v) is 9.35. The van der Waals surface area contributed by atoms with Crippen LogP contribution in [0.4, 0.5) is 0 Å². The summed E-state index contributed by atoms with van der Waals surface area (Å²) in [6.07, 6.45) is 3.46. The fourth-order valence-electron chi connectivity index (χ4n) is 1.45. The molecule has 0 saturated carbocycles. The maximum atomic E-state index is 2.32. The molecule has 1 aromatic rings. The summed E-state index contributed by atoms with van der Waals surface area (Å²) in [5.74, 6) is 0. The van der Waals surface area contributed by atoms with Gasteiger partial charge in [0.25, 0.3) is 0 Å². The summed E-state index contributed by atoms with van der Waals surface area (Å²) < 4.78 is 0. The molecule has 0 nitrogen and oxygen atoms in total. The second kappa shape index (κ2) is 6.30. The average molecular weight is 170 g/mol. The van der Waals surface area contributed by atoms with Crippen LogP contribution in [0.5, 0.6) is 0 Å². The minimum Gasteiger partial charge on any atom is -1.00 e. The molecule has 0 heterocycles. The molecule has 1 aromatic carbocycles. The Morgan fingerprint density at radius 2 is 1.00 bits per heavy atom. The van der Waals surface area contributed by atoms with Gasteiger partial charge in [0.2, 0.25) is 0 Å². The number of aryl methyl sites for hydroxylation is 3. The van der Waals surface area contributed by atoms with Crippen LogP contribution in [0, 0.1) is 0 Å². The zero-order chi connectivity index (χ0) is 8.97. The summed E-state index contributed by atoms with van der Waals surface area (Å²) in [5.41, 5.74) is 4.43. The Labute approximate surface area is 95.4 Å². The standard InChI is InChI=1S/C12H18.Li.H/c1-4-10-7-11(5-2)9-12(6-3)8-10;;/h7-9H,4-6H2,1-3H3;;/q;+1;-1. The molecule has 0 N–H and O–H groups in total. The van der Waals surface area contributed by atoms with Crippen molar-refractivity contribution in [3.05, 3.63) is 34.9 Å². The van der Waals surface area contributed by atoms with Crippen LogP contribution in [0.15, 0.2) is 18.2 Å². The van der Waals surface area contributed by atoms with E-state index in [1.54, 1.807) is 0 Å². The summed E-state index contributed by atoms with van der Waals surface area (Å²) in [6.45, 7) is 6.65. The van der Waals surface area contributed by atoms with Crippen LogP contribution in [0.1, 0.15) is 38.9 Å². The van der Waals surface area contributed by atoms with E-state index in [0.717, 1.165) is 19.3 Å². The molecule has 0 aliphatic carbocycles. The SMILES string of the molecule is CCc1cc(CC)cc(CC)c1.[H-].[Li+]. The van der Waals surface area contributed by atoms with E-state index in [0.29, 0.717) is 0 Å². The Morgan fingerprint density at radius 1 is 0.769 bits per heavy atom. The van der Waals surface area contributed by atoms with Crippen molar-refractivity contribution in [3.63, 3.8) is 0 Å². The number of hydrogen-bond acceptors (Lipinski definition) is 0. The third kappa shape index (κ3) is 3.59. The summed E-state index contributed by atoms with van der Waals surface area (Å²) in [4.78, 5) is 0. The molecule has 0 bridgehead atoms. The monoisotopic (exact) mass is 170 g/mol. The van der Waals surface area contributed by atoms with E-state index in [2.05, 4.69) is 39.0 Å². The molecule has 0 saturated heterocycles. The third-order valence-electron chi connectivity index (χ3n) is 2.34. The first-order valence-electron chi connectivity index (χ1n) is 4.91. The molecule has 0 spiro atoms. The quantitative estimate of drug-likeness (QED) is 0.579. The van der Waals surface area contributed by atoms with E-state index in [4.69, 9.17) is 0 Å². The molecule has 0 atom stereocenters. The predicted molar refractivity (Wildman–Crippen MR) is 55.7 cm³/mol. The van der Waals surface area contributed by atoms with Gasteiger partial charge in [0.05, 0.1) is 0 Å². The Hall–Kier alpha value is -0.183. The molecule has 0 aliphatic heterocycles. The molecule has 0 fully saturated rings. The van der Waals surface area contributed by atoms with Crippen LogP contribution >= 0.6 is 0 Å². The predicted octanol–water partition coefficient (Wildman–Crippen LogP) is 0.490. The topological polar surface area (TPSA) is 0 Å². The molecular weight excluding hydrogens is 151 g/mol. The van der Waals surface area contributed by atoms with E-state index < -0.39 is 0 Å². The molecule has 68 valence electrons. The van der Waals surface area contributed by atoms with E-state index in [1.165, 1.54) is 16.7 Å². The summed E-state index contributed by atoms with van der Waals surface area (Å²) in [5, 5.41) is 0. The van der Waals surface area contributed by atoms with Crippen molar-refractivity contribution in [2.24, 2.45) is 0 Å². The van der Waals surface area contributed by atoms with E-state index >= 15 is 0 Å².